The Morgan fingerprint density at radius 2 is 1.89 bits per heavy atom. The molecule has 0 radical (unpaired) electrons. The molecule has 1 saturated heterocycles. The molecule has 35 heavy (non-hydrogen) atoms. The number of nitrogens with one attached hydrogen (secondary N) is 2. The van der Waals surface area contributed by atoms with E-state index in [1.54, 1.807) is 12.3 Å². The van der Waals surface area contributed by atoms with Gasteiger partial charge in [0.05, 0.1) is 5.69 Å². The molecule has 4 rings (SSSR count). The third-order valence-corrected chi connectivity index (χ3v) is 6.35. The molecule has 186 valence electrons. The average molecular weight is 484 g/mol. The highest BCUT2D eigenvalue weighted by Crippen LogP contribution is 2.24. The van der Waals surface area contributed by atoms with E-state index < -0.39 is 11.6 Å². The van der Waals surface area contributed by atoms with E-state index >= 15 is 0 Å². The standard InChI is InChI=1S/C27H32F3N5/c1-2-35(18-21-4-3-9-31-16-21)17-20-5-6-25(30)24(14-20)26-8-11-33-27(34-26)32-10-7-19-12-22(28)15-23(29)13-19/h5-6,8,11-15,21,31H,2-4,7,9-10,16-18H2,1H3,(H,32,33,34)/t21-/m0/s1. The Morgan fingerprint density at radius 1 is 1.06 bits per heavy atom. The molecule has 1 atom stereocenters. The van der Waals surface area contributed by atoms with Gasteiger partial charge in [0.15, 0.2) is 0 Å². The molecule has 2 N–H and O–H groups in total. The lowest BCUT2D eigenvalue weighted by Gasteiger charge is -2.29. The number of rotatable bonds is 10. The molecule has 3 aromatic rings. The molecule has 0 unspecified atom stereocenters. The fourth-order valence-corrected chi connectivity index (χ4v) is 4.54. The lowest BCUT2D eigenvalue weighted by atomic mass is 9.98. The van der Waals surface area contributed by atoms with Crippen molar-refractivity contribution < 1.29 is 13.2 Å². The summed E-state index contributed by atoms with van der Waals surface area (Å²) < 4.78 is 41.5. The normalized spacial score (nSPS) is 16.0. The molecule has 8 heteroatoms. The van der Waals surface area contributed by atoms with Crippen molar-refractivity contribution in [2.45, 2.75) is 32.7 Å². The first-order chi connectivity index (χ1) is 17.0. The van der Waals surface area contributed by atoms with Crippen molar-refractivity contribution in [3.05, 3.63) is 77.2 Å². The molecule has 0 bridgehead atoms. The van der Waals surface area contributed by atoms with Gasteiger partial charge in [0.2, 0.25) is 5.95 Å². The van der Waals surface area contributed by atoms with Crippen LogP contribution in [0.25, 0.3) is 11.3 Å². The second-order valence-electron chi connectivity index (χ2n) is 9.07. The van der Waals surface area contributed by atoms with Gasteiger partial charge in [-0.05, 0) is 86.3 Å². The summed E-state index contributed by atoms with van der Waals surface area (Å²) in [6, 6.07) is 10.3. The van der Waals surface area contributed by atoms with Crippen LogP contribution in [0, 0.1) is 23.4 Å². The van der Waals surface area contributed by atoms with Crippen LogP contribution in [0.3, 0.4) is 0 Å². The second-order valence-corrected chi connectivity index (χ2v) is 9.07. The number of hydrogen-bond acceptors (Lipinski definition) is 5. The van der Waals surface area contributed by atoms with E-state index in [-0.39, 0.29) is 5.82 Å². The Morgan fingerprint density at radius 3 is 2.63 bits per heavy atom. The molecule has 2 heterocycles. The number of hydrogen-bond donors (Lipinski definition) is 2. The van der Waals surface area contributed by atoms with E-state index in [1.165, 1.54) is 31.0 Å². The minimum Gasteiger partial charge on any atom is -0.354 e. The van der Waals surface area contributed by atoms with Gasteiger partial charge in [-0.2, -0.15) is 0 Å². The quantitative estimate of drug-likeness (QED) is 0.423. The van der Waals surface area contributed by atoms with Crippen LogP contribution < -0.4 is 10.6 Å². The monoisotopic (exact) mass is 483 g/mol. The SMILES string of the molecule is CCN(Cc1ccc(F)c(-c2ccnc(NCCc3cc(F)cc(F)c3)n2)c1)C[C@H]1CCCNC1. The maximum Gasteiger partial charge on any atom is 0.223 e. The van der Waals surface area contributed by atoms with Crippen molar-refractivity contribution in [1.82, 2.24) is 20.2 Å². The summed E-state index contributed by atoms with van der Waals surface area (Å²) in [6.45, 7) is 7.39. The predicted octanol–water partition coefficient (Wildman–Crippen LogP) is 5.04. The minimum absolute atomic E-state index is 0.337. The summed E-state index contributed by atoms with van der Waals surface area (Å²) in [5.41, 5.74) is 2.48. The Labute approximate surface area is 204 Å². The van der Waals surface area contributed by atoms with Gasteiger partial charge >= 0.3 is 0 Å². The third kappa shape index (κ3) is 7.26. The lowest BCUT2D eigenvalue weighted by molar-refractivity contribution is 0.209. The number of anilines is 1. The topological polar surface area (TPSA) is 53.1 Å². The van der Waals surface area contributed by atoms with E-state index in [4.69, 9.17) is 0 Å². The van der Waals surface area contributed by atoms with Gasteiger partial charge in [-0.3, -0.25) is 4.90 Å². The molecule has 0 amide bonds. The van der Waals surface area contributed by atoms with Crippen molar-refractivity contribution in [1.29, 1.82) is 0 Å². The summed E-state index contributed by atoms with van der Waals surface area (Å²) >= 11 is 0. The minimum atomic E-state index is -0.606. The van der Waals surface area contributed by atoms with Gasteiger partial charge in [-0.1, -0.05) is 13.0 Å². The third-order valence-electron chi connectivity index (χ3n) is 6.35. The number of piperidine rings is 1. The van der Waals surface area contributed by atoms with Crippen molar-refractivity contribution in [3.63, 3.8) is 0 Å². The van der Waals surface area contributed by atoms with Crippen LogP contribution >= 0.6 is 0 Å². The van der Waals surface area contributed by atoms with Gasteiger partial charge in [-0.15, -0.1) is 0 Å². The molecule has 0 saturated carbocycles. The number of benzene rings is 2. The zero-order valence-corrected chi connectivity index (χ0v) is 20.0. The fraction of sp³-hybridized carbons (Fsp3) is 0.407. The Balaban J connectivity index is 1.41. The van der Waals surface area contributed by atoms with Crippen LogP contribution in [-0.4, -0.2) is 47.6 Å². The predicted molar refractivity (Wildman–Crippen MR) is 133 cm³/mol. The summed E-state index contributed by atoms with van der Waals surface area (Å²) in [5.74, 6) is -0.573. The zero-order valence-electron chi connectivity index (χ0n) is 20.0. The van der Waals surface area contributed by atoms with Crippen LogP contribution in [0.5, 0.6) is 0 Å². The number of halogens is 3. The fourth-order valence-electron chi connectivity index (χ4n) is 4.54. The van der Waals surface area contributed by atoms with Crippen LogP contribution in [0.2, 0.25) is 0 Å². The summed E-state index contributed by atoms with van der Waals surface area (Å²) in [6.07, 6.45) is 4.43. The smallest absolute Gasteiger partial charge is 0.223 e. The van der Waals surface area contributed by atoms with Crippen molar-refractivity contribution >= 4 is 5.95 Å². The van der Waals surface area contributed by atoms with Gasteiger partial charge in [0, 0.05) is 37.5 Å². The lowest BCUT2D eigenvalue weighted by Crippen LogP contribution is -2.38. The molecule has 2 aromatic carbocycles. The first kappa shape index (κ1) is 25.1. The summed E-state index contributed by atoms with van der Waals surface area (Å²) in [5, 5.41) is 6.53. The van der Waals surface area contributed by atoms with E-state index in [9.17, 15) is 13.2 Å². The van der Waals surface area contributed by atoms with E-state index in [0.717, 1.165) is 44.4 Å². The molecule has 0 spiro atoms. The Hall–Kier alpha value is -2.97. The number of nitrogens with zero attached hydrogens (tertiary/aromatic N) is 3. The van der Waals surface area contributed by atoms with Crippen molar-refractivity contribution in [2.75, 3.05) is 38.0 Å². The maximum absolute atomic E-state index is 14.8. The van der Waals surface area contributed by atoms with Crippen LogP contribution in [0.1, 0.15) is 30.9 Å². The maximum atomic E-state index is 14.8. The van der Waals surface area contributed by atoms with Gasteiger partial charge < -0.3 is 10.6 Å². The highest BCUT2D eigenvalue weighted by molar-refractivity contribution is 5.61. The summed E-state index contributed by atoms with van der Waals surface area (Å²) in [4.78, 5) is 11.1. The van der Waals surface area contributed by atoms with Crippen LogP contribution in [0.4, 0.5) is 19.1 Å². The van der Waals surface area contributed by atoms with Crippen LogP contribution in [0.15, 0.2) is 48.7 Å². The van der Waals surface area contributed by atoms with E-state index in [2.05, 4.69) is 32.4 Å². The number of aromatic nitrogens is 2. The largest absolute Gasteiger partial charge is 0.354 e. The van der Waals surface area contributed by atoms with Gasteiger partial charge in [0.25, 0.3) is 0 Å². The first-order valence-corrected chi connectivity index (χ1v) is 12.2. The second kappa shape index (κ2) is 12.1. The van der Waals surface area contributed by atoms with Crippen LogP contribution in [-0.2, 0) is 13.0 Å². The Bertz CT molecular complexity index is 1100. The Kier molecular flexibility index (Phi) is 8.71. The first-order valence-electron chi connectivity index (χ1n) is 12.2. The highest BCUT2D eigenvalue weighted by atomic mass is 19.1. The molecule has 1 aromatic heterocycles. The van der Waals surface area contributed by atoms with E-state index in [1.807, 2.05) is 12.1 Å². The molecular weight excluding hydrogens is 451 g/mol. The molecular formula is C27H32F3N5. The molecule has 5 nitrogen and oxygen atoms in total. The molecule has 1 aliphatic rings. The molecule has 1 fully saturated rings. The molecule has 0 aliphatic carbocycles. The highest BCUT2D eigenvalue weighted by Gasteiger charge is 2.17. The zero-order chi connectivity index (χ0) is 24.6. The van der Waals surface area contributed by atoms with Crippen molar-refractivity contribution in [3.8, 4) is 11.3 Å². The summed E-state index contributed by atoms with van der Waals surface area (Å²) in [7, 11) is 0. The van der Waals surface area contributed by atoms with Gasteiger partial charge in [-0.25, -0.2) is 23.1 Å². The van der Waals surface area contributed by atoms with E-state index in [0.29, 0.717) is 41.7 Å². The van der Waals surface area contributed by atoms with Gasteiger partial charge in [0.1, 0.15) is 17.5 Å². The average Bonchev–Trinajstić information content (AvgIpc) is 2.85. The van der Waals surface area contributed by atoms with Crippen molar-refractivity contribution in [2.24, 2.45) is 5.92 Å². The molecule has 1 aliphatic heterocycles.